The predicted molar refractivity (Wildman–Crippen MR) is 129 cm³/mol. The molecule has 0 aliphatic carbocycles. The molecule has 0 unspecified atom stereocenters. The van der Waals surface area contributed by atoms with Gasteiger partial charge in [0.1, 0.15) is 6.10 Å². The molecule has 0 spiro atoms. The van der Waals surface area contributed by atoms with Gasteiger partial charge in [0.05, 0.1) is 12.7 Å². The van der Waals surface area contributed by atoms with Crippen LogP contribution in [0.5, 0.6) is 0 Å². The van der Waals surface area contributed by atoms with Crippen LogP contribution in [0.25, 0.3) is 0 Å². The topological polar surface area (TPSA) is 69.9 Å². The minimum atomic E-state index is -2.70. The molecule has 4 nitrogen and oxygen atoms in total. The van der Waals surface area contributed by atoms with Gasteiger partial charge in [0, 0.05) is 19.4 Å². The molecule has 3 N–H and O–H groups in total. The highest BCUT2D eigenvalue weighted by atomic mass is 28.4. The maximum atomic E-state index is 10.6. The van der Waals surface area contributed by atoms with Crippen molar-refractivity contribution in [3.63, 3.8) is 0 Å². The Morgan fingerprint density at radius 2 is 1.45 bits per heavy atom. The van der Waals surface area contributed by atoms with Crippen LogP contribution in [0.2, 0.25) is 5.04 Å². The van der Waals surface area contributed by atoms with Crippen molar-refractivity contribution in [2.75, 3.05) is 13.2 Å². The number of aliphatic hydroxyl groups excluding tert-OH is 3. The lowest BCUT2D eigenvalue weighted by molar-refractivity contribution is 0.0634. The number of hydrogen-bond donors (Lipinski definition) is 3. The van der Waals surface area contributed by atoms with Crippen molar-refractivity contribution >= 4 is 18.7 Å². The summed E-state index contributed by atoms with van der Waals surface area (Å²) in [5.74, 6) is 5.70. The highest BCUT2D eigenvalue weighted by Crippen LogP contribution is 2.36. The van der Waals surface area contributed by atoms with Crippen LogP contribution in [0.4, 0.5) is 0 Å². The maximum Gasteiger partial charge on any atom is 0.261 e. The highest BCUT2D eigenvalue weighted by molar-refractivity contribution is 6.99. The molecule has 0 heterocycles. The van der Waals surface area contributed by atoms with Gasteiger partial charge in [0.25, 0.3) is 8.32 Å². The summed E-state index contributed by atoms with van der Waals surface area (Å²) in [5.41, 5.74) is 0. The lowest BCUT2D eigenvalue weighted by atomic mass is 10.1. The molecule has 0 aliphatic rings. The number of aliphatic hydroxyl groups is 3. The second-order valence-electron chi connectivity index (χ2n) is 8.88. The van der Waals surface area contributed by atoms with Gasteiger partial charge in [-0.15, -0.1) is 5.92 Å². The zero-order valence-electron chi connectivity index (χ0n) is 18.9. The first-order valence-electron chi connectivity index (χ1n) is 11.0. The Kier molecular flexibility index (Phi) is 9.95. The van der Waals surface area contributed by atoms with Crippen LogP contribution in [0.1, 0.15) is 46.5 Å². The molecule has 31 heavy (non-hydrogen) atoms. The van der Waals surface area contributed by atoms with Crippen molar-refractivity contribution in [1.29, 1.82) is 0 Å². The van der Waals surface area contributed by atoms with Gasteiger partial charge in [0.15, 0.2) is 0 Å². The van der Waals surface area contributed by atoms with Gasteiger partial charge in [0.2, 0.25) is 0 Å². The first-order valence-corrected chi connectivity index (χ1v) is 12.9. The van der Waals surface area contributed by atoms with Crippen LogP contribution in [0, 0.1) is 11.8 Å². The summed E-state index contributed by atoms with van der Waals surface area (Å²) in [7, 11) is -2.70. The SMILES string of the molecule is CC(C)(C)[Si](OC[C@@H](O)C[C@H](O)C#CCCCCO)(c1ccccc1)c1ccccc1. The number of rotatable bonds is 10. The molecule has 0 saturated carbocycles. The van der Waals surface area contributed by atoms with Crippen molar-refractivity contribution in [3.8, 4) is 11.8 Å². The van der Waals surface area contributed by atoms with E-state index < -0.39 is 20.5 Å². The van der Waals surface area contributed by atoms with Crippen molar-refractivity contribution in [2.24, 2.45) is 0 Å². The second kappa shape index (κ2) is 12.2. The van der Waals surface area contributed by atoms with Crippen molar-refractivity contribution < 1.29 is 19.7 Å². The smallest absolute Gasteiger partial charge is 0.261 e. The van der Waals surface area contributed by atoms with Gasteiger partial charge in [-0.2, -0.15) is 0 Å². The highest BCUT2D eigenvalue weighted by Gasteiger charge is 2.50. The van der Waals surface area contributed by atoms with E-state index in [1.54, 1.807) is 0 Å². The molecule has 0 saturated heterocycles. The summed E-state index contributed by atoms with van der Waals surface area (Å²) in [6, 6.07) is 20.6. The van der Waals surface area contributed by atoms with Gasteiger partial charge in [-0.05, 0) is 28.3 Å². The van der Waals surface area contributed by atoms with E-state index in [9.17, 15) is 10.2 Å². The lowest BCUT2D eigenvalue weighted by Crippen LogP contribution is -2.67. The lowest BCUT2D eigenvalue weighted by Gasteiger charge is -2.43. The Hall–Kier alpha value is -1.94. The van der Waals surface area contributed by atoms with E-state index in [0.29, 0.717) is 12.8 Å². The van der Waals surface area contributed by atoms with E-state index >= 15 is 0 Å². The van der Waals surface area contributed by atoms with Gasteiger partial charge < -0.3 is 19.7 Å². The Labute approximate surface area is 188 Å². The molecule has 2 aromatic carbocycles. The van der Waals surface area contributed by atoms with Crippen LogP contribution in [-0.2, 0) is 4.43 Å². The fraction of sp³-hybridized carbons (Fsp3) is 0.462. The molecular weight excluding hydrogens is 404 g/mol. The first kappa shape index (κ1) is 25.3. The Bertz CT molecular complexity index is 782. The quantitative estimate of drug-likeness (QED) is 0.302. The van der Waals surface area contributed by atoms with Crippen LogP contribution in [0.15, 0.2) is 60.7 Å². The summed E-state index contributed by atoms with van der Waals surface area (Å²) < 4.78 is 6.69. The molecule has 0 fully saturated rings. The number of hydrogen-bond acceptors (Lipinski definition) is 4. The van der Waals surface area contributed by atoms with Crippen molar-refractivity contribution in [3.05, 3.63) is 60.7 Å². The summed E-state index contributed by atoms with van der Waals surface area (Å²) in [6.45, 7) is 6.87. The zero-order valence-corrected chi connectivity index (χ0v) is 19.9. The fourth-order valence-corrected chi connectivity index (χ4v) is 8.48. The molecule has 5 heteroatoms. The van der Waals surface area contributed by atoms with E-state index in [0.717, 1.165) is 16.8 Å². The third-order valence-corrected chi connectivity index (χ3v) is 10.4. The largest absolute Gasteiger partial charge is 0.405 e. The van der Waals surface area contributed by atoms with Gasteiger partial charge in [-0.25, -0.2) is 0 Å². The average molecular weight is 441 g/mol. The Balaban J connectivity index is 2.19. The number of benzene rings is 2. The molecular formula is C26H36O4Si. The van der Waals surface area contributed by atoms with E-state index in [1.807, 2.05) is 36.4 Å². The molecule has 0 aliphatic heterocycles. The predicted octanol–water partition coefficient (Wildman–Crippen LogP) is 2.84. The molecule has 2 aromatic rings. The maximum absolute atomic E-state index is 10.6. The van der Waals surface area contributed by atoms with Crippen LogP contribution in [0.3, 0.4) is 0 Å². The third-order valence-electron chi connectivity index (χ3n) is 5.38. The molecule has 0 radical (unpaired) electrons. The second-order valence-corrected chi connectivity index (χ2v) is 13.2. The molecule has 0 aromatic heterocycles. The zero-order chi connectivity index (χ0) is 22.7. The van der Waals surface area contributed by atoms with E-state index in [-0.39, 0.29) is 24.7 Å². The molecule has 2 atom stereocenters. The minimum Gasteiger partial charge on any atom is -0.405 e. The average Bonchev–Trinajstić information content (AvgIpc) is 2.74. The molecule has 0 amide bonds. The van der Waals surface area contributed by atoms with E-state index in [1.165, 1.54) is 0 Å². The monoisotopic (exact) mass is 440 g/mol. The number of unbranched alkanes of at least 4 members (excludes halogenated alkanes) is 2. The normalized spacial score (nSPS) is 13.9. The van der Waals surface area contributed by atoms with Gasteiger partial charge in [-0.1, -0.05) is 87.4 Å². The van der Waals surface area contributed by atoms with Gasteiger partial charge in [-0.3, -0.25) is 0 Å². The van der Waals surface area contributed by atoms with E-state index in [4.69, 9.17) is 9.53 Å². The van der Waals surface area contributed by atoms with Crippen molar-refractivity contribution in [1.82, 2.24) is 0 Å². The summed E-state index contributed by atoms with van der Waals surface area (Å²) >= 11 is 0. The minimum absolute atomic E-state index is 0.135. The Morgan fingerprint density at radius 3 is 1.94 bits per heavy atom. The standard InChI is InChI=1S/C26H36O4Si/c1-26(2,3)31(24-15-9-6-10-16-24,25-17-11-7-12-18-25)30-21-23(29)20-22(28)14-8-4-5-13-19-27/h6-7,9-12,15-18,22-23,27-29H,4-5,13,19-21H2,1-3H3/t22-,23+/m1/s1. The van der Waals surface area contributed by atoms with Crippen LogP contribution in [-0.4, -0.2) is 49.1 Å². The van der Waals surface area contributed by atoms with Crippen molar-refractivity contribution in [2.45, 2.75) is 63.7 Å². The van der Waals surface area contributed by atoms with E-state index in [2.05, 4.69) is 56.9 Å². The summed E-state index contributed by atoms with van der Waals surface area (Å²) in [6.07, 6.45) is 0.572. The Morgan fingerprint density at radius 1 is 0.903 bits per heavy atom. The summed E-state index contributed by atoms with van der Waals surface area (Å²) in [5, 5.41) is 31.7. The summed E-state index contributed by atoms with van der Waals surface area (Å²) in [4.78, 5) is 0. The first-order chi connectivity index (χ1) is 14.8. The van der Waals surface area contributed by atoms with Crippen LogP contribution >= 0.6 is 0 Å². The third kappa shape index (κ3) is 7.03. The van der Waals surface area contributed by atoms with Crippen LogP contribution < -0.4 is 10.4 Å². The molecule has 2 rings (SSSR count). The molecule has 168 valence electrons. The molecule has 0 bridgehead atoms. The van der Waals surface area contributed by atoms with Gasteiger partial charge >= 0.3 is 0 Å². The fourth-order valence-electron chi connectivity index (χ4n) is 3.88.